The molecule has 0 radical (unpaired) electrons. The first-order valence-electron chi connectivity index (χ1n) is 9.71. The first-order chi connectivity index (χ1) is 14.6. The van der Waals surface area contributed by atoms with Gasteiger partial charge in [0.05, 0.1) is 11.6 Å². The van der Waals surface area contributed by atoms with Gasteiger partial charge >= 0.3 is 12.2 Å². The normalized spacial score (nSPS) is 16.2. The fourth-order valence-corrected chi connectivity index (χ4v) is 3.73. The van der Waals surface area contributed by atoms with Crippen LogP contribution < -0.4 is 5.32 Å². The Hall–Kier alpha value is -2.38. The van der Waals surface area contributed by atoms with Crippen molar-refractivity contribution in [3.05, 3.63) is 47.5 Å². The molecule has 11 heteroatoms. The van der Waals surface area contributed by atoms with Gasteiger partial charge in [0.1, 0.15) is 0 Å². The summed E-state index contributed by atoms with van der Waals surface area (Å²) in [7, 11) is 0. The van der Waals surface area contributed by atoms with Crippen molar-refractivity contribution in [2.24, 2.45) is 5.92 Å². The molecule has 1 unspecified atom stereocenters. The number of pyridine rings is 1. The molecule has 2 aromatic heterocycles. The Morgan fingerprint density at radius 1 is 1.19 bits per heavy atom. The Balaban J connectivity index is 0.00000289. The van der Waals surface area contributed by atoms with Crippen molar-refractivity contribution in [2.75, 3.05) is 18.4 Å². The monoisotopic (exact) mass is 667 g/mol. The van der Waals surface area contributed by atoms with E-state index in [9.17, 15) is 18.0 Å². The number of anilines is 1. The number of benzene rings is 1. The summed E-state index contributed by atoms with van der Waals surface area (Å²) in [5.41, 5.74) is 11.7. The number of likely N-dealkylation sites (tertiary alicyclic amines) is 1. The Morgan fingerprint density at radius 3 is 2.62 bits per heavy atom. The predicted molar refractivity (Wildman–Crippen MR) is 111 cm³/mol. The zero-order chi connectivity index (χ0) is 22.3. The maximum absolute atomic E-state index is 12.9. The van der Waals surface area contributed by atoms with Gasteiger partial charge in [-0.1, -0.05) is 6.07 Å². The molecular formula is C21H20F3N6OU-. The van der Waals surface area contributed by atoms with Crippen LogP contribution in [-0.4, -0.2) is 45.1 Å². The van der Waals surface area contributed by atoms with E-state index in [1.807, 2.05) is 26.0 Å². The molecule has 2 N–H and O–H groups in total. The van der Waals surface area contributed by atoms with Crippen LogP contribution in [0.5, 0.6) is 0 Å². The Kier molecular flexibility index (Phi) is 7.01. The number of carbonyl (C=O) groups is 1. The van der Waals surface area contributed by atoms with Crippen LogP contribution in [0.3, 0.4) is 0 Å². The van der Waals surface area contributed by atoms with Crippen LogP contribution in [0, 0.1) is 50.9 Å². The van der Waals surface area contributed by atoms with Crippen LogP contribution in [0.1, 0.15) is 17.7 Å². The molecule has 1 aromatic carbocycles. The molecule has 7 nitrogen and oxygen atoms in total. The van der Waals surface area contributed by atoms with E-state index in [0.29, 0.717) is 22.4 Å². The van der Waals surface area contributed by atoms with E-state index in [-0.39, 0.29) is 56.6 Å². The quantitative estimate of drug-likeness (QED) is 0.396. The number of fused-ring (bicyclic) bond motifs is 1. The van der Waals surface area contributed by atoms with E-state index in [0.717, 1.165) is 16.7 Å². The fourth-order valence-electron chi connectivity index (χ4n) is 3.73. The summed E-state index contributed by atoms with van der Waals surface area (Å²) in [6.45, 7) is 3.48. The molecule has 3 aromatic rings. The van der Waals surface area contributed by atoms with Gasteiger partial charge in [-0.2, -0.15) is 13.2 Å². The summed E-state index contributed by atoms with van der Waals surface area (Å²) >= 11 is 0. The third kappa shape index (κ3) is 4.99. The first-order valence-corrected chi connectivity index (χ1v) is 9.71. The Bertz CT molecular complexity index is 1170. The molecule has 0 aliphatic carbocycles. The van der Waals surface area contributed by atoms with Crippen LogP contribution in [-0.2, 0) is 0 Å². The van der Waals surface area contributed by atoms with Gasteiger partial charge in [0.2, 0.25) is 0 Å². The maximum atomic E-state index is 12.9. The summed E-state index contributed by atoms with van der Waals surface area (Å²) in [5.74, 6) is -1.59. The van der Waals surface area contributed by atoms with Crippen molar-refractivity contribution < 1.29 is 49.1 Å². The van der Waals surface area contributed by atoms with Crippen LogP contribution in [0.4, 0.5) is 29.6 Å². The van der Waals surface area contributed by atoms with Gasteiger partial charge in [0.15, 0.2) is 0 Å². The van der Waals surface area contributed by atoms with E-state index in [4.69, 9.17) is 5.73 Å². The summed E-state index contributed by atoms with van der Waals surface area (Å²) in [6.07, 6.45) is -2.84. The first kappa shape index (κ1) is 24.3. The molecule has 32 heavy (non-hydrogen) atoms. The molecule has 2 amide bonds. The van der Waals surface area contributed by atoms with Gasteiger partial charge in [-0.15, -0.1) is 0 Å². The second-order valence-corrected chi connectivity index (χ2v) is 7.66. The zero-order valence-corrected chi connectivity index (χ0v) is 21.6. The maximum Gasteiger partial charge on any atom is 0.393 e. The average molecular weight is 667 g/mol. The van der Waals surface area contributed by atoms with Crippen molar-refractivity contribution in [3.8, 4) is 11.1 Å². The zero-order valence-electron chi connectivity index (χ0n) is 17.4. The van der Waals surface area contributed by atoms with Gasteiger partial charge in [-0.05, 0) is 55.8 Å². The standard InChI is InChI=1S/C21H21F3N6O.U/c1-11-3-4-15(28-20(31)30-6-5-14(10-30)21(22,23)24)8-16(11)17-7-13-9-26-19(25)29-18(13)27-12(17)2;/h3-4,7-9,14H,5-6,10H2,1-2H3,(H3,25,26,27,28,29,31);/p-1. The number of alkyl halides is 3. The van der Waals surface area contributed by atoms with E-state index in [1.165, 1.54) is 11.1 Å². The molecule has 0 spiro atoms. The summed E-state index contributed by atoms with van der Waals surface area (Å²) in [6, 6.07) is 6.65. The largest absolute Gasteiger partial charge is 0.410 e. The van der Waals surface area contributed by atoms with Gasteiger partial charge in [0, 0.05) is 72.5 Å². The number of nitrogens with one attached hydrogen (secondary N) is 2. The molecule has 4 rings (SSSR count). The number of nitrogens with zero attached hydrogens (tertiary/aromatic N) is 4. The number of urea groups is 1. The van der Waals surface area contributed by atoms with Gasteiger partial charge in [-0.3, -0.25) is 0 Å². The topological polar surface area (TPSA) is 94.8 Å². The van der Waals surface area contributed by atoms with Crippen molar-refractivity contribution >= 4 is 28.7 Å². The fraction of sp³-hybridized carbons (Fsp3) is 0.333. The number of amides is 2. The number of aryl methyl sites for hydroxylation is 2. The Morgan fingerprint density at radius 2 is 1.94 bits per heavy atom. The van der Waals surface area contributed by atoms with Gasteiger partial charge < -0.3 is 25.9 Å². The number of aromatic nitrogens is 3. The molecule has 1 atom stereocenters. The van der Waals surface area contributed by atoms with E-state index >= 15 is 0 Å². The van der Waals surface area contributed by atoms with E-state index < -0.39 is 18.1 Å². The van der Waals surface area contributed by atoms with Crippen molar-refractivity contribution in [3.63, 3.8) is 0 Å². The second kappa shape index (κ2) is 9.24. The van der Waals surface area contributed by atoms with E-state index in [1.54, 1.807) is 12.1 Å². The molecule has 0 bridgehead atoms. The minimum absolute atomic E-state index is 0. The second-order valence-electron chi connectivity index (χ2n) is 7.66. The molecular weight excluding hydrogens is 647 g/mol. The van der Waals surface area contributed by atoms with Crippen molar-refractivity contribution in [1.82, 2.24) is 19.9 Å². The van der Waals surface area contributed by atoms with Crippen LogP contribution in [0.15, 0.2) is 30.5 Å². The number of halogens is 3. The van der Waals surface area contributed by atoms with Gasteiger partial charge in [-0.25, -0.2) is 9.78 Å². The SMILES string of the molecule is Cc1ccc(NC(=O)N2CCC(C(F)(F)F)C2)cc1-c1cc2cnc([NH-])nc2nc1C.[U]. The minimum Gasteiger partial charge on any atom is -0.410 e. The average Bonchev–Trinajstić information content (AvgIpc) is 3.20. The number of hydrogen-bond acceptors (Lipinski definition) is 4. The van der Waals surface area contributed by atoms with Crippen LogP contribution in [0.2, 0.25) is 0 Å². The molecule has 0 saturated carbocycles. The van der Waals surface area contributed by atoms with Gasteiger partial charge in [0.25, 0.3) is 0 Å². The molecule has 1 saturated heterocycles. The third-order valence-electron chi connectivity index (χ3n) is 5.48. The number of rotatable bonds is 2. The summed E-state index contributed by atoms with van der Waals surface area (Å²) in [4.78, 5) is 26.1. The van der Waals surface area contributed by atoms with Crippen LogP contribution in [0.25, 0.3) is 27.9 Å². The molecule has 3 heterocycles. The molecule has 166 valence electrons. The van der Waals surface area contributed by atoms with E-state index in [2.05, 4.69) is 20.3 Å². The molecule has 1 aliphatic rings. The summed E-state index contributed by atoms with van der Waals surface area (Å²) in [5, 5.41) is 3.39. The molecule has 1 fully saturated rings. The minimum atomic E-state index is -4.29. The number of carbonyl (C=O) groups excluding carboxylic acids is 1. The third-order valence-corrected chi connectivity index (χ3v) is 5.48. The van der Waals surface area contributed by atoms with Crippen molar-refractivity contribution in [2.45, 2.75) is 26.4 Å². The summed E-state index contributed by atoms with van der Waals surface area (Å²) < 4.78 is 38.7. The number of hydrogen-bond donors (Lipinski definition) is 1. The van der Waals surface area contributed by atoms with Crippen molar-refractivity contribution in [1.29, 1.82) is 0 Å². The smallest absolute Gasteiger partial charge is 0.393 e. The predicted octanol–water partition coefficient (Wildman–Crippen LogP) is 5.41. The molecule has 1 aliphatic heterocycles. The van der Waals surface area contributed by atoms with Crippen LogP contribution >= 0.6 is 0 Å². The Labute approximate surface area is 206 Å².